The first kappa shape index (κ1) is 13.5. The number of carboxylic acids is 1. The Morgan fingerprint density at radius 1 is 1.50 bits per heavy atom. The van der Waals surface area contributed by atoms with Crippen molar-refractivity contribution < 1.29 is 19.1 Å². The highest BCUT2D eigenvalue weighted by atomic mass is 16.4. The van der Waals surface area contributed by atoms with Crippen LogP contribution in [0.5, 0.6) is 0 Å². The summed E-state index contributed by atoms with van der Waals surface area (Å²) < 4.78 is 4.99. The van der Waals surface area contributed by atoms with Crippen molar-refractivity contribution in [2.75, 3.05) is 0 Å². The second-order valence-corrected chi connectivity index (χ2v) is 3.89. The number of rotatable bonds is 5. The number of hydrogen-bond donors (Lipinski definition) is 4. The zero-order valence-electron chi connectivity index (χ0n) is 10.5. The average Bonchev–Trinajstić information content (AvgIpc) is 3.07. The van der Waals surface area contributed by atoms with Crippen LogP contribution in [0.15, 0.2) is 16.5 Å². The molecule has 2 heterocycles. The van der Waals surface area contributed by atoms with E-state index in [1.54, 1.807) is 6.92 Å². The second-order valence-electron chi connectivity index (χ2n) is 3.89. The summed E-state index contributed by atoms with van der Waals surface area (Å²) in [5, 5.41) is 26.9. The molecule has 4 N–H and O–H groups in total. The van der Waals surface area contributed by atoms with Gasteiger partial charge < -0.3 is 20.2 Å². The van der Waals surface area contributed by atoms with Crippen molar-refractivity contribution in [2.24, 2.45) is 0 Å². The molecule has 0 saturated carbocycles. The number of furan rings is 1. The van der Waals surface area contributed by atoms with Crippen LogP contribution >= 0.6 is 0 Å². The van der Waals surface area contributed by atoms with Crippen molar-refractivity contribution in [1.29, 1.82) is 0 Å². The van der Waals surface area contributed by atoms with Crippen molar-refractivity contribution in [3.05, 3.63) is 29.5 Å². The molecule has 2 amide bonds. The van der Waals surface area contributed by atoms with Crippen molar-refractivity contribution in [3.8, 4) is 0 Å². The lowest BCUT2D eigenvalue weighted by Gasteiger charge is -2.10. The van der Waals surface area contributed by atoms with Gasteiger partial charge in [0.25, 0.3) is 0 Å². The summed E-state index contributed by atoms with van der Waals surface area (Å²) in [6.07, 6.45) is 0. The van der Waals surface area contributed by atoms with Gasteiger partial charge in [-0.05, 0) is 19.1 Å². The Bertz CT molecular complexity index is 593. The van der Waals surface area contributed by atoms with Crippen molar-refractivity contribution in [1.82, 2.24) is 31.3 Å². The molecule has 0 aliphatic rings. The Labute approximate surface area is 112 Å². The number of carbonyl (C=O) groups is 2. The van der Waals surface area contributed by atoms with Gasteiger partial charge in [-0.25, -0.2) is 9.59 Å². The zero-order chi connectivity index (χ0) is 14.5. The highest BCUT2D eigenvalue weighted by Gasteiger charge is 2.14. The molecule has 0 fully saturated rings. The number of aromatic nitrogens is 4. The smallest absolute Gasteiger partial charge is 0.371 e. The number of aromatic amines is 1. The van der Waals surface area contributed by atoms with E-state index in [4.69, 9.17) is 9.52 Å². The molecule has 10 heteroatoms. The summed E-state index contributed by atoms with van der Waals surface area (Å²) in [6.45, 7) is 1.76. The predicted octanol–water partition coefficient (Wildman–Crippen LogP) is 0.0513. The summed E-state index contributed by atoms with van der Waals surface area (Å²) in [6, 6.07) is 1.92. The Morgan fingerprint density at radius 3 is 2.90 bits per heavy atom. The highest BCUT2D eigenvalue weighted by molar-refractivity contribution is 5.84. The maximum Gasteiger partial charge on any atom is 0.371 e. The lowest BCUT2D eigenvalue weighted by Crippen LogP contribution is -2.36. The minimum absolute atomic E-state index is 0.0675. The average molecular weight is 280 g/mol. The summed E-state index contributed by atoms with van der Waals surface area (Å²) in [4.78, 5) is 22.2. The molecule has 1 atom stereocenters. The number of nitrogens with zero attached hydrogens (tertiary/aromatic N) is 3. The van der Waals surface area contributed by atoms with Crippen LogP contribution in [0.25, 0.3) is 0 Å². The molecule has 0 aliphatic heterocycles. The molecule has 0 radical (unpaired) electrons. The van der Waals surface area contributed by atoms with Crippen molar-refractivity contribution >= 4 is 12.0 Å². The molecular formula is C10H12N6O4. The molecule has 2 aromatic heterocycles. The number of amides is 2. The number of nitrogens with one attached hydrogen (secondary N) is 3. The van der Waals surface area contributed by atoms with Gasteiger partial charge in [0.05, 0.1) is 12.6 Å². The van der Waals surface area contributed by atoms with Gasteiger partial charge in [-0.15, -0.1) is 10.2 Å². The van der Waals surface area contributed by atoms with Gasteiger partial charge in [-0.2, -0.15) is 5.21 Å². The minimum atomic E-state index is -1.16. The maximum atomic E-state index is 11.6. The van der Waals surface area contributed by atoms with E-state index >= 15 is 0 Å². The molecular weight excluding hydrogens is 268 g/mol. The third kappa shape index (κ3) is 3.31. The Balaban J connectivity index is 1.81. The molecule has 10 nitrogen and oxygen atoms in total. The molecule has 1 unspecified atom stereocenters. The van der Waals surface area contributed by atoms with Gasteiger partial charge in [0.2, 0.25) is 5.76 Å². The Hall–Kier alpha value is -2.91. The largest absolute Gasteiger partial charge is 0.475 e. The molecule has 0 aromatic carbocycles. The van der Waals surface area contributed by atoms with Crippen LogP contribution in [-0.4, -0.2) is 37.7 Å². The van der Waals surface area contributed by atoms with Crippen LogP contribution in [-0.2, 0) is 6.54 Å². The van der Waals surface area contributed by atoms with Crippen LogP contribution in [0.4, 0.5) is 4.79 Å². The molecule has 0 aliphatic carbocycles. The van der Waals surface area contributed by atoms with Crippen molar-refractivity contribution in [3.63, 3.8) is 0 Å². The van der Waals surface area contributed by atoms with E-state index in [1.165, 1.54) is 12.1 Å². The number of hydrogen-bond acceptors (Lipinski definition) is 6. The number of aromatic carboxylic acids is 1. The van der Waals surface area contributed by atoms with E-state index in [0.717, 1.165) is 0 Å². The Kier molecular flexibility index (Phi) is 3.93. The van der Waals surface area contributed by atoms with Crippen LogP contribution in [0.2, 0.25) is 0 Å². The fourth-order valence-electron chi connectivity index (χ4n) is 1.42. The van der Waals surface area contributed by atoms with Crippen LogP contribution in [0.1, 0.15) is 35.1 Å². The van der Waals surface area contributed by atoms with Gasteiger partial charge in [0, 0.05) is 0 Å². The fourth-order valence-corrected chi connectivity index (χ4v) is 1.42. The summed E-state index contributed by atoms with van der Waals surface area (Å²) in [5.41, 5.74) is 0. The predicted molar refractivity (Wildman–Crippen MR) is 63.6 cm³/mol. The van der Waals surface area contributed by atoms with Gasteiger partial charge in [0.15, 0.2) is 5.82 Å². The molecule has 2 aromatic rings. The second kappa shape index (κ2) is 5.82. The summed E-state index contributed by atoms with van der Waals surface area (Å²) >= 11 is 0. The highest BCUT2D eigenvalue weighted by Crippen LogP contribution is 2.07. The normalized spacial score (nSPS) is 11.8. The number of urea groups is 1. The van der Waals surface area contributed by atoms with Crippen LogP contribution in [0.3, 0.4) is 0 Å². The standard InChI is InChI=1S/C10H12N6O4/c1-5(8-13-15-16-14-8)12-10(19)11-4-6-2-3-7(20-6)9(17)18/h2-3,5H,4H2,1H3,(H,17,18)(H2,11,12,19)(H,13,14,15,16). The molecule has 106 valence electrons. The monoisotopic (exact) mass is 280 g/mol. The van der Waals surface area contributed by atoms with E-state index in [2.05, 4.69) is 31.3 Å². The summed E-state index contributed by atoms with van der Waals surface area (Å²) in [7, 11) is 0. The van der Waals surface area contributed by atoms with Crippen LogP contribution in [0, 0.1) is 0 Å². The third-order valence-electron chi connectivity index (χ3n) is 2.39. The number of H-pyrrole nitrogens is 1. The van der Waals surface area contributed by atoms with E-state index in [9.17, 15) is 9.59 Å². The van der Waals surface area contributed by atoms with E-state index in [1.807, 2.05) is 0 Å². The molecule has 2 rings (SSSR count). The minimum Gasteiger partial charge on any atom is -0.475 e. The lowest BCUT2D eigenvalue weighted by atomic mass is 10.3. The first-order valence-corrected chi connectivity index (χ1v) is 5.66. The summed E-state index contributed by atoms with van der Waals surface area (Å²) in [5.74, 6) is -0.648. The number of carboxylic acid groups (broad SMARTS) is 1. The van der Waals surface area contributed by atoms with Gasteiger partial charge in [-0.1, -0.05) is 5.21 Å². The molecule has 0 spiro atoms. The van der Waals surface area contributed by atoms with Crippen LogP contribution < -0.4 is 10.6 Å². The third-order valence-corrected chi connectivity index (χ3v) is 2.39. The molecule has 20 heavy (non-hydrogen) atoms. The van der Waals surface area contributed by atoms with E-state index < -0.39 is 18.0 Å². The van der Waals surface area contributed by atoms with Gasteiger partial charge in [-0.3, -0.25) is 0 Å². The fraction of sp³-hybridized carbons (Fsp3) is 0.300. The first-order chi connectivity index (χ1) is 9.56. The van der Waals surface area contributed by atoms with Crippen molar-refractivity contribution in [2.45, 2.75) is 19.5 Å². The van der Waals surface area contributed by atoms with Gasteiger partial charge in [0.1, 0.15) is 5.76 Å². The van der Waals surface area contributed by atoms with E-state index in [-0.39, 0.29) is 12.3 Å². The van der Waals surface area contributed by atoms with Gasteiger partial charge >= 0.3 is 12.0 Å². The number of carbonyl (C=O) groups excluding carboxylic acids is 1. The topological polar surface area (TPSA) is 146 Å². The number of tetrazole rings is 1. The first-order valence-electron chi connectivity index (χ1n) is 5.66. The lowest BCUT2D eigenvalue weighted by molar-refractivity contribution is 0.0660. The molecule has 0 saturated heterocycles. The zero-order valence-corrected chi connectivity index (χ0v) is 10.5. The quantitative estimate of drug-likeness (QED) is 0.605. The Morgan fingerprint density at radius 2 is 2.30 bits per heavy atom. The maximum absolute atomic E-state index is 11.6. The SMILES string of the molecule is CC(NC(=O)NCc1ccc(C(=O)O)o1)c1nn[nH]n1. The molecule has 0 bridgehead atoms. The van der Waals surface area contributed by atoms with E-state index in [0.29, 0.717) is 11.6 Å².